The van der Waals surface area contributed by atoms with E-state index in [0.717, 1.165) is 27.7 Å². The Bertz CT molecular complexity index is 1450. The van der Waals surface area contributed by atoms with Crippen LogP contribution in [-0.4, -0.2) is 50.3 Å². The number of nitrogens with zero attached hydrogens (tertiary/aromatic N) is 4. The number of benzene rings is 3. The molecule has 0 saturated carbocycles. The lowest BCUT2D eigenvalue weighted by Gasteiger charge is -2.33. The second-order valence-corrected chi connectivity index (χ2v) is 9.17. The number of aromatic amines is 1. The molecule has 1 aromatic heterocycles. The number of carbonyl (C=O) groups is 2. The summed E-state index contributed by atoms with van der Waals surface area (Å²) in [5, 5.41) is 9.75. The van der Waals surface area contributed by atoms with Crippen molar-refractivity contribution < 1.29 is 14.6 Å². The van der Waals surface area contributed by atoms with Gasteiger partial charge in [0, 0.05) is 13.1 Å². The van der Waals surface area contributed by atoms with E-state index in [4.69, 9.17) is 11.5 Å². The molecule has 6 N–H and O–H groups in total. The molecule has 0 aliphatic rings. The number of imidazole rings is 1. The Balaban J connectivity index is 1.69. The zero-order chi connectivity index (χ0) is 28.5. The second kappa shape index (κ2) is 13.0. The van der Waals surface area contributed by atoms with Crippen molar-refractivity contribution in [1.82, 2.24) is 20.3 Å². The third kappa shape index (κ3) is 6.98. The Morgan fingerprint density at radius 1 is 1.02 bits per heavy atom. The first-order valence-corrected chi connectivity index (χ1v) is 12.7. The normalized spacial score (nSPS) is 12.3. The largest absolute Gasteiger partial charge is 0.368 e. The zero-order valence-electron chi connectivity index (χ0n) is 21.6. The molecule has 0 radical (unpaired) electrons. The number of primary amides is 1. The van der Waals surface area contributed by atoms with Gasteiger partial charge in [-0.2, -0.15) is 0 Å². The highest BCUT2D eigenvalue weighted by molar-refractivity contribution is 5.92. The summed E-state index contributed by atoms with van der Waals surface area (Å²) in [7, 11) is 0. The summed E-state index contributed by atoms with van der Waals surface area (Å²) in [6.07, 6.45) is 2.07. The molecule has 12 nitrogen and oxygen atoms in total. The van der Waals surface area contributed by atoms with Gasteiger partial charge in [-0.25, -0.2) is 20.1 Å². The molecule has 3 aromatic carbocycles. The van der Waals surface area contributed by atoms with Crippen molar-refractivity contribution in [3.63, 3.8) is 0 Å². The summed E-state index contributed by atoms with van der Waals surface area (Å²) in [5.41, 5.74) is 17.1. The standard InChI is InChI=1S/C28H30N8O4/c29-26(37)24(12-7-15-31-28(30)34-36(39)40)35(17-19-13-14-22-23(16-19)33-18-32-22)27(38)25(20-8-3-1-4-9-20)21-10-5-2-6-11-21/h1-6,8-11,13-14,16,18,24-25H,7,12,15,17H2,(H2,29,37)(H,32,33)(H3,30,31,34)/t24-/m0/s1. The maximum Gasteiger partial charge on any atom is 0.251 e. The van der Waals surface area contributed by atoms with Gasteiger partial charge in [0.05, 0.1) is 23.3 Å². The predicted octanol–water partition coefficient (Wildman–Crippen LogP) is 2.45. The number of hydrogen-bond acceptors (Lipinski definition) is 6. The first-order valence-electron chi connectivity index (χ1n) is 12.7. The number of nitrogens with two attached hydrogens (primary N) is 2. The Hall–Kier alpha value is -5.26. The number of hydrogen-bond donors (Lipinski definition) is 4. The van der Waals surface area contributed by atoms with Crippen LogP contribution in [0.5, 0.6) is 0 Å². The van der Waals surface area contributed by atoms with Crippen LogP contribution in [0.1, 0.15) is 35.4 Å². The first-order chi connectivity index (χ1) is 19.3. The number of aromatic nitrogens is 2. The average molecular weight is 543 g/mol. The Labute approximate surface area is 230 Å². The van der Waals surface area contributed by atoms with Crippen molar-refractivity contribution in [2.75, 3.05) is 6.54 Å². The maximum absolute atomic E-state index is 14.4. The van der Waals surface area contributed by atoms with Crippen molar-refractivity contribution in [3.8, 4) is 0 Å². The topological polar surface area (TPSA) is 186 Å². The molecular weight excluding hydrogens is 512 g/mol. The lowest BCUT2D eigenvalue weighted by molar-refractivity contribution is -0.525. The van der Waals surface area contributed by atoms with Crippen LogP contribution in [0.25, 0.3) is 11.0 Å². The fourth-order valence-corrected chi connectivity index (χ4v) is 4.62. The highest BCUT2D eigenvalue weighted by atomic mass is 16.7. The minimum Gasteiger partial charge on any atom is -0.368 e. The summed E-state index contributed by atoms with van der Waals surface area (Å²) in [6.45, 7) is 0.214. The Morgan fingerprint density at radius 2 is 1.68 bits per heavy atom. The van der Waals surface area contributed by atoms with Gasteiger partial charge in [-0.15, -0.1) is 0 Å². The van der Waals surface area contributed by atoms with Crippen LogP contribution in [0.4, 0.5) is 0 Å². The van der Waals surface area contributed by atoms with Crippen molar-refractivity contribution >= 4 is 28.8 Å². The molecule has 0 aliphatic carbocycles. The number of nitro groups is 1. The molecule has 206 valence electrons. The van der Waals surface area contributed by atoms with Crippen LogP contribution < -0.4 is 16.9 Å². The van der Waals surface area contributed by atoms with Crippen molar-refractivity contribution in [2.24, 2.45) is 16.5 Å². The molecule has 0 aliphatic heterocycles. The van der Waals surface area contributed by atoms with E-state index in [1.165, 1.54) is 4.90 Å². The van der Waals surface area contributed by atoms with Crippen LogP contribution in [0, 0.1) is 10.1 Å². The molecule has 4 rings (SSSR count). The molecule has 0 spiro atoms. The van der Waals surface area contributed by atoms with E-state index < -0.39 is 22.9 Å². The number of aliphatic imine (C=N–C) groups is 1. The molecule has 1 atom stereocenters. The highest BCUT2D eigenvalue weighted by Crippen LogP contribution is 2.29. The molecule has 4 aromatic rings. The summed E-state index contributed by atoms with van der Waals surface area (Å²) in [4.78, 5) is 50.6. The second-order valence-electron chi connectivity index (χ2n) is 9.17. The lowest BCUT2D eigenvalue weighted by Crippen LogP contribution is -2.49. The monoisotopic (exact) mass is 542 g/mol. The average Bonchev–Trinajstić information content (AvgIpc) is 3.41. The molecule has 0 bridgehead atoms. The summed E-state index contributed by atoms with van der Waals surface area (Å²) < 4.78 is 0. The van der Waals surface area contributed by atoms with E-state index in [1.54, 1.807) is 11.8 Å². The van der Waals surface area contributed by atoms with E-state index >= 15 is 0 Å². The molecule has 0 unspecified atom stereocenters. The number of fused-ring (bicyclic) bond motifs is 1. The molecule has 0 fully saturated rings. The fourth-order valence-electron chi connectivity index (χ4n) is 4.62. The Kier molecular flexibility index (Phi) is 9.03. The minimum absolute atomic E-state index is 0.0966. The number of rotatable bonds is 12. The van der Waals surface area contributed by atoms with Gasteiger partial charge in [-0.3, -0.25) is 9.59 Å². The van der Waals surface area contributed by atoms with Gasteiger partial charge in [0.15, 0.2) is 5.03 Å². The lowest BCUT2D eigenvalue weighted by atomic mass is 9.89. The molecule has 0 saturated heterocycles. The maximum atomic E-state index is 14.4. The Morgan fingerprint density at radius 3 is 2.27 bits per heavy atom. The van der Waals surface area contributed by atoms with Crippen LogP contribution in [0.2, 0.25) is 0 Å². The third-order valence-corrected chi connectivity index (χ3v) is 6.46. The SMILES string of the molecule is NC(=O)[C@H](CCCN=C(N)N[N+](=O)[O-])N(Cc1ccc2nc[nH]c2c1)C(=O)C(c1ccccc1)c1ccccc1. The van der Waals surface area contributed by atoms with Crippen LogP contribution in [0.3, 0.4) is 0 Å². The summed E-state index contributed by atoms with van der Waals surface area (Å²) >= 11 is 0. The van der Waals surface area contributed by atoms with Gasteiger partial charge >= 0.3 is 0 Å². The van der Waals surface area contributed by atoms with Gasteiger partial charge in [0.2, 0.25) is 11.8 Å². The first kappa shape index (κ1) is 27.8. The van der Waals surface area contributed by atoms with Crippen molar-refractivity contribution in [2.45, 2.75) is 31.3 Å². The van der Waals surface area contributed by atoms with Gasteiger partial charge < -0.3 is 21.4 Å². The van der Waals surface area contributed by atoms with E-state index in [1.807, 2.05) is 78.9 Å². The van der Waals surface area contributed by atoms with E-state index in [-0.39, 0.29) is 31.4 Å². The molecule has 40 heavy (non-hydrogen) atoms. The van der Waals surface area contributed by atoms with Gasteiger partial charge in [0.25, 0.3) is 5.96 Å². The molecular formula is C28H30N8O4. The number of H-pyrrole nitrogens is 1. The van der Waals surface area contributed by atoms with Crippen molar-refractivity contribution in [3.05, 3.63) is 112 Å². The zero-order valence-corrected chi connectivity index (χ0v) is 21.6. The number of carbonyl (C=O) groups excluding carboxylic acids is 2. The quantitative estimate of drug-likeness (QED) is 0.0696. The van der Waals surface area contributed by atoms with E-state index in [2.05, 4.69) is 15.0 Å². The van der Waals surface area contributed by atoms with Gasteiger partial charge in [-0.05, 0) is 41.7 Å². The summed E-state index contributed by atoms with van der Waals surface area (Å²) in [6, 6.07) is 23.3. The fraction of sp³-hybridized carbons (Fsp3) is 0.214. The van der Waals surface area contributed by atoms with Crippen molar-refractivity contribution in [1.29, 1.82) is 0 Å². The van der Waals surface area contributed by atoms with Gasteiger partial charge in [0.1, 0.15) is 6.04 Å². The number of hydrazine groups is 1. The summed E-state index contributed by atoms with van der Waals surface area (Å²) in [5.74, 6) is -1.99. The van der Waals surface area contributed by atoms with Gasteiger partial charge in [-0.1, -0.05) is 72.2 Å². The molecule has 12 heteroatoms. The highest BCUT2D eigenvalue weighted by Gasteiger charge is 2.34. The van der Waals surface area contributed by atoms with Crippen LogP contribution >= 0.6 is 0 Å². The number of amides is 2. The minimum atomic E-state index is -0.972. The third-order valence-electron chi connectivity index (χ3n) is 6.46. The number of guanidine groups is 1. The van der Waals surface area contributed by atoms with E-state index in [9.17, 15) is 19.7 Å². The molecule has 1 heterocycles. The predicted molar refractivity (Wildman–Crippen MR) is 150 cm³/mol. The smallest absolute Gasteiger partial charge is 0.251 e. The number of nitrogens with one attached hydrogen (secondary N) is 2. The van der Waals surface area contributed by atoms with Crippen LogP contribution in [-0.2, 0) is 16.1 Å². The molecule has 2 amide bonds. The van der Waals surface area contributed by atoms with Crippen LogP contribution in [0.15, 0.2) is 90.2 Å². The van der Waals surface area contributed by atoms with E-state index in [0.29, 0.717) is 6.42 Å².